The molecule has 2 aromatic carbocycles. The number of rotatable bonds is 9. The van der Waals surface area contributed by atoms with E-state index in [9.17, 15) is 9.59 Å². The Morgan fingerprint density at radius 2 is 1.71 bits per heavy atom. The van der Waals surface area contributed by atoms with Crippen LogP contribution in [0, 0.1) is 0 Å². The average Bonchev–Trinajstić information content (AvgIpc) is 2.82. The number of esters is 1. The minimum Gasteiger partial charge on any atom is -0.493 e. The van der Waals surface area contributed by atoms with Crippen LogP contribution in [0.1, 0.15) is 21.6 Å². The van der Waals surface area contributed by atoms with Crippen molar-refractivity contribution in [2.24, 2.45) is 0 Å². The topological polar surface area (TPSA) is 78.0 Å². The molecular formula is C24H24N2O5. The van der Waals surface area contributed by atoms with Gasteiger partial charge in [-0.25, -0.2) is 9.78 Å². The molecule has 1 aromatic heterocycles. The molecule has 160 valence electrons. The standard InChI is InChI=1S/C24H24N2O5/c1-26(23(27)17-31-24(28)20-10-6-7-13-25-20)15-19-11-12-21(22(14-19)29-2)30-16-18-8-4-3-5-9-18/h3-14H,15-17H2,1-2H3. The Hall–Kier alpha value is -3.87. The van der Waals surface area contributed by atoms with Crippen molar-refractivity contribution >= 4 is 11.9 Å². The number of aromatic nitrogens is 1. The SMILES string of the molecule is COc1cc(CN(C)C(=O)COC(=O)c2ccccn2)ccc1OCc1ccccc1. The first-order chi connectivity index (χ1) is 15.1. The van der Waals surface area contributed by atoms with Crippen molar-refractivity contribution in [3.63, 3.8) is 0 Å². The van der Waals surface area contributed by atoms with Gasteiger partial charge in [-0.1, -0.05) is 42.5 Å². The lowest BCUT2D eigenvalue weighted by atomic mass is 10.2. The first-order valence-electron chi connectivity index (χ1n) is 9.72. The summed E-state index contributed by atoms with van der Waals surface area (Å²) in [4.78, 5) is 29.6. The molecule has 0 radical (unpaired) electrons. The van der Waals surface area contributed by atoms with Gasteiger partial charge in [0.1, 0.15) is 12.3 Å². The van der Waals surface area contributed by atoms with Crippen LogP contribution < -0.4 is 9.47 Å². The lowest BCUT2D eigenvalue weighted by Gasteiger charge is -2.18. The van der Waals surface area contributed by atoms with Gasteiger partial charge >= 0.3 is 5.97 Å². The molecule has 3 rings (SSSR count). The summed E-state index contributed by atoms with van der Waals surface area (Å²) in [6.45, 7) is 0.396. The molecule has 0 bridgehead atoms. The summed E-state index contributed by atoms with van der Waals surface area (Å²) in [6.07, 6.45) is 1.49. The van der Waals surface area contributed by atoms with Gasteiger partial charge in [0, 0.05) is 19.8 Å². The Kier molecular flexibility index (Phi) is 7.59. The number of hydrogen-bond acceptors (Lipinski definition) is 6. The molecule has 0 N–H and O–H groups in total. The molecule has 0 atom stereocenters. The molecule has 0 unspecified atom stereocenters. The van der Waals surface area contributed by atoms with Crippen molar-refractivity contribution in [1.29, 1.82) is 0 Å². The van der Waals surface area contributed by atoms with Gasteiger partial charge in [0.15, 0.2) is 18.1 Å². The van der Waals surface area contributed by atoms with Crippen LogP contribution in [-0.2, 0) is 22.7 Å². The van der Waals surface area contributed by atoms with Gasteiger partial charge in [-0.2, -0.15) is 0 Å². The predicted octanol–water partition coefficient (Wildman–Crippen LogP) is 3.48. The highest BCUT2D eigenvalue weighted by atomic mass is 16.5. The smallest absolute Gasteiger partial charge is 0.357 e. The number of ether oxygens (including phenoxy) is 3. The van der Waals surface area contributed by atoms with E-state index in [0.717, 1.165) is 11.1 Å². The van der Waals surface area contributed by atoms with E-state index in [-0.39, 0.29) is 18.2 Å². The molecule has 0 fully saturated rings. The largest absolute Gasteiger partial charge is 0.493 e. The van der Waals surface area contributed by atoms with E-state index in [1.165, 1.54) is 17.2 Å². The average molecular weight is 420 g/mol. The quantitative estimate of drug-likeness (QED) is 0.493. The summed E-state index contributed by atoms with van der Waals surface area (Å²) in [5.41, 5.74) is 2.07. The maximum absolute atomic E-state index is 12.3. The molecule has 0 aliphatic carbocycles. The molecule has 0 aliphatic rings. The summed E-state index contributed by atoms with van der Waals surface area (Å²) in [5, 5.41) is 0. The summed E-state index contributed by atoms with van der Waals surface area (Å²) in [6, 6.07) is 20.3. The number of nitrogens with zero attached hydrogens (tertiary/aromatic N) is 2. The second-order valence-corrected chi connectivity index (χ2v) is 6.80. The Balaban J connectivity index is 1.54. The number of benzene rings is 2. The molecule has 3 aromatic rings. The molecule has 0 saturated heterocycles. The first-order valence-corrected chi connectivity index (χ1v) is 9.72. The molecular weight excluding hydrogens is 396 g/mol. The van der Waals surface area contributed by atoms with E-state index < -0.39 is 5.97 Å². The van der Waals surface area contributed by atoms with Crippen molar-refractivity contribution in [2.45, 2.75) is 13.2 Å². The summed E-state index contributed by atoms with van der Waals surface area (Å²) >= 11 is 0. The van der Waals surface area contributed by atoms with Gasteiger partial charge in [0.05, 0.1) is 7.11 Å². The van der Waals surface area contributed by atoms with Crippen molar-refractivity contribution in [1.82, 2.24) is 9.88 Å². The van der Waals surface area contributed by atoms with Crippen molar-refractivity contribution < 1.29 is 23.8 Å². The highest BCUT2D eigenvalue weighted by Crippen LogP contribution is 2.29. The van der Waals surface area contributed by atoms with Crippen LogP contribution in [0.4, 0.5) is 0 Å². The Morgan fingerprint density at radius 3 is 2.42 bits per heavy atom. The van der Waals surface area contributed by atoms with Gasteiger partial charge in [0.2, 0.25) is 0 Å². The molecule has 7 heteroatoms. The minimum absolute atomic E-state index is 0.161. The fraction of sp³-hybridized carbons (Fsp3) is 0.208. The zero-order valence-corrected chi connectivity index (χ0v) is 17.5. The predicted molar refractivity (Wildman–Crippen MR) is 115 cm³/mol. The normalized spacial score (nSPS) is 10.3. The van der Waals surface area contributed by atoms with E-state index in [1.54, 1.807) is 26.3 Å². The molecule has 7 nitrogen and oxygen atoms in total. The Bertz CT molecular complexity index is 1010. The van der Waals surface area contributed by atoms with Crippen LogP contribution in [0.25, 0.3) is 0 Å². The summed E-state index contributed by atoms with van der Waals surface area (Å²) in [7, 11) is 3.21. The van der Waals surface area contributed by atoms with Crippen LogP contribution in [0.3, 0.4) is 0 Å². The van der Waals surface area contributed by atoms with Gasteiger partial charge in [-0.3, -0.25) is 4.79 Å². The van der Waals surface area contributed by atoms with Gasteiger partial charge in [-0.15, -0.1) is 0 Å². The second-order valence-electron chi connectivity index (χ2n) is 6.80. The number of hydrogen-bond donors (Lipinski definition) is 0. The molecule has 0 aliphatic heterocycles. The van der Waals surface area contributed by atoms with Crippen LogP contribution in [0.2, 0.25) is 0 Å². The number of carbonyl (C=O) groups excluding carboxylic acids is 2. The lowest BCUT2D eigenvalue weighted by molar-refractivity contribution is -0.133. The van der Waals surface area contributed by atoms with Crippen molar-refractivity contribution in [3.8, 4) is 11.5 Å². The van der Waals surface area contributed by atoms with Crippen molar-refractivity contribution in [2.75, 3.05) is 20.8 Å². The zero-order chi connectivity index (χ0) is 22.1. The molecule has 0 saturated carbocycles. The molecule has 1 amide bonds. The zero-order valence-electron chi connectivity index (χ0n) is 17.5. The highest BCUT2D eigenvalue weighted by molar-refractivity contribution is 5.89. The molecule has 1 heterocycles. The van der Waals surface area contributed by atoms with E-state index >= 15 is 0 Å². The van der Waals surface area contributed by atoms with E-state index in [0.29, 0.717) is 24.7 Å². The summed E-state index contributed by atoms with van der Waals surface area (Å²) < 4.78 is 16.3. The van der Waals surface area contributed by atoms with Crippen LogP contribution in [-0.4, -0.2) is 42.5 Å². The van der Waals surface area contributed by atoms with E-state index in [1.807, 2.05) is 48.5 Å². The Morgan fingerprint density at radius 1 is 0.935 bits per heavy atom. The fourth-order valence-electron chi connectivity index (χ4n) is 2.82. The Labute approximate surface area is 181 Å². The van der Waals surface area contributed by atoms with Gasteiger partial charge in [-0.05, 0) is 35.4 Å². The number of pyridine rings is 1. The number of likely N-dealkylation sites (N-methyl/N-ethyl adjacent to an activating group) is 1. The van der Waals surface area contributed by atoms with E-state index in [2.05, 4.69) is 4.98 Å². The van der Waals surface area contributed by atoms with Crippen LogP contribution in [0.15, 0.2) is 72.9 Å². The fourth-order valence-corrected chi connectivity index (χ4v) is 2.82. The first kappa shape index (κ1) is 21.8. The lowest BCUT2D eigenvalue weighted by Crippen LogP contribution is -2.31. The molecule has 31 heavy (non-hydrogen) atoms. The summed E-state index contributed by atoms with van der Waals surface area (Å²) in [5.74, 6) is 0.237. The maximum Gasteiger partial charge on any atom is 0.357 e. The number of amides is 1. The third-order valence-electron chi connectivity index (χ3n) is 4.51. The van der Waals surface area contributed by atoms with Crippen LogP contribution >= 0.6 is 0 Å². The second kappa shape index (κ2) is 10.8. The van der Waals surface area contributed by atoms with Gasteiger partial charge in [0.25, 0.3) is 5.91 Å². The maximum atomic E-state index is 12.3. The van der Waals surface area contributed by atoms with E-state index in [4.69, 9.17) is 14.2 Å². The van der Waals surface area contributed by atoms with Crippen molar-refractivity contribution in [3.05, 3.63) is 89.7 Å². The highest BCUT2D eigenvalue weighted by Gasteiger charge is 2.15. The third kappa shape index (κ3) is 6.30. The number of carbonyl (C=O) groups is 2. The van der Waals surface area contributed by atoms with Gasteiger partial charge < -0.3 is 19.1 Å². The molecule has 0 spiro atoms. The number of methoxy groups -OCH3 is 1. The third-order valence-corrected chi connectivity index (χ3v) is 4.51. The van der Waals surface area contributed by atoms with Crippen LogP contribution in [0.5, 0.6) is 11.5 Å². The monoisotopic (exact) mass is 420 g/mol. The minimum atomic E-state index is -0.635.